The van der Waals surface area contributed by atoms with Crippen LogP contribution in [0.15, 0.2) is 29.4 Å². The Kier molecular flexibility index (Phi) is 8.06. The summed E-state index contributed by atoms with van der Waals surface area (Å²) in [6, 6.07) is 6.12. The van der Waals surface area contributed by atoms with Gasteiger partial charge in [-0.2, -0.15) is 5.10 Å². The number of carbonyl (C=O) groups excluding carboxylic acids is 1. The lowest BCUT2D eigenvalue weighted by atomic mass is 10.1. The second-order valence-electron chi connectivity index (χ2n) is 5.03. The Hall–Kier alpha value is -2.70. The average Bonchev–Trinajstić information content (AvgIpc) is 2.51. The van der Waals surface area contributed by atoms with Crippen molar-refractivity contribution in [3.05, 3.63) is 35.4 Å². The molecule has 0 saturated heterocycles. The fraction of sp³-hybridized carbons (Fsp3) is 0.375. The van der Waals surface area contributed by atoms with Crippen LogP contribution in [0.2, 0.25) is 0 Å². The molecule has 1 amide bonds. The first-order chi connectivity index (χ1) is 11.0. The number of amides is 1. The molecule has 124 valence electrons. The molecule has 0 aliphatic heterocycles. The van der Waals surface area contributed by atoms with Gasteiger partial charge in [-0.1, -0.05) is 25.0 Å². The minimum Gasteiger partial charge on any atom is -0.481 e. The zero-order valence-electron chi connectivity index (χ0n) is 12.7. The molecular formula is C16H20N2O5. The standard InChI is InChI=1S/C16H20N2O5/c19-14(5-3-1-2-4-6-15(20)21)18-17-11-12-7-9-13(10-8-12)16(22)23/h7-11H,1-6H2,(H,18,19)(H,20,21)(H,22,23)/b17-11+. The van der Waals surface area contributed by atoms with E-state index in [9.17, 15) is 14.4 Å². The number of aliphatic carboxylic acids is 1. The van der Waals surface area contributed by atoms with E-state index in [4.69, 9.17) is 10.2 Å². The predicted octanol–water partition coefficient (Wildman–Crippen LogP) is 2.26. The van der Waals surface area contributed by atoms with Crippen LogP contribution in [0.4, 0.5) is 0 Å². The number of nitrogens with zero attached hydrogens (tertiary/aromatic N) is 1. The third kappa shape index (κ3) is 8.35. The molecule has 7 heteroatoms. The molecule has 0 fully saturated rings. The molecule has 1 rings (SSSR count). The Balaban J connectivity index is 2.19. The fourth-order valence-electron chi connectivity index (χ4n) is 1.86. The quantitative estimate of drug-likeness (QED) is 0.347. The molecule has 7 nitrogen and oxygen atoms in total. The zero-order chi connectivity index (χ0) is 17.1. The number of hydrazone groups is 1. The van der Waals surface area contributed by atoms with E-state index >= 15 is 0 Å². The Morgan fingerprint density at radius 2 is 1.57 bits per heavy atom. The van der Waals surface area contributed by atoms with Crippen molar-refractivity contribution in [2.24, 2.45) is 5.10 Å². The number of benzene rings is 1. The van der Waals surface area contributed by atoms with Crippen LogP contribution in [-0.2, 0) is 9.59 Å². The highest BCUT2D eigenvalue weighted by atomic mass is 16.4. The maximum Gasteiger partial charge on any atom is 0.335 e. The van der Waals surface area contributed by atoms with Gasteiger partial charge in [0.25, 0.3) is 0 Å². The van der Waals surface area contributed by atoms with Crippen molar-refractivity contribution in [1.82, 2.24) is 5.43 Å². The highest BCUT2D eigenvalue weighted by Gasteiger charge is 2.02. The van der Waals surface area contributed by atoms with Crippen LogP contribution in [-0.4, -0.2) is 34.3 Å². The topological polar surface area (TPSA) is 116 Å². The van der Waals surface area contributed by atoms with Gasteiger partial charge in [-0.15, -0.1) is 0 Å². The van der Waals surface area contributed by atoms with Gasteiger partial charge in [-0.25, -0.2) is 10.2 Å². The van der Waals surface area contributed by atoms with Gasteiger partial charge in [0.2, 0.25) is 5.91 Å². The zero-order valence-corrected chi connectivity index (χ0v) is 12.7. The maximum absolute atomic E-state index is 11.5. The van der Waals surface area contributed by atoms with E-state index in [-0.39, 0.29) is 17.9 Å². The second-order valence-corrected chi connectivity index (χ2v) is 5.03. The first-order valence-electron chi connectivity index (χ1n) is 7.36. The molecule has 23 heavy (non-hydrogen) atoms. The third-order valence-corrected chi connectivity index (χ3v) is 3.10. The van der Waals surface area contributed by atoms with Gasteiger partial charge >= 0.3 is 11.9 Å². The van der Waals surface area contributed by atoms with Gasteiger partial charge in [0, 0.05) is 12.8 Å². The Morgan fingerprint density at radius 1 is 0.957 bits per heavy atom. The minimum atomic E-state index is -0.995. The summed E-state index contributed by atoms with van der Waals surface area (Å²) in [5.74, 6) is -2.00. The molecule has 0 unspecified atom stereocenters. The highest BCUT2D eigenvalue weighted by Crippen LogP contribution is 2.05. The fourth-order valence-corrected chi connectivity index (χ4v) is 1.86. The second kappa shape index (κ2) is 10.1. The van der Waals surface area contributed by atoms with Crippen LogP contribution < -0.4 is 5.43 Å². The number of rotatable bonds is 10. The number of unbranched alkanes of at least 4 members (excludes halogenated alkanes) is 3. The molecule has 1 aromatic rings. The normalized spacial score (nSPS) is 10.6. The molecule has 0 aliphatic carbocycles. The molecule has 3 N–H and O–H groups in total. The summed E-state index contributed by atoms with van der Waals surface area (Å²) in [5.41, 5.74) is 3.27. The molecular weight excluding hydrogens is 300 g/mol. The van der Waals surface area contributed by atoms with Gasteiger partial charge in [-0.3, -0.25) is 9.59 Å². The van der Waals surface area contributed by atoms with Crippen LogP contribution in [0.1, 0.15) is 54.4 Å². The van der Waals surface area contributed by atoms with E-state index in [0.717, 1.165) is 12.8 Å². The summed E-state index contributed by atoms with van der Waals surface area (Å²) < 4.78 is 0. The van der Waals surface area contributed by atoms with Crippen molar-refractivity contribution in [3.8, 4) is 0 Å². The number of carboxylic acid groups (broad SMARTS) is 2. The number of carbonyl (C=O) groups is 3. The summed E-state index contributed by atoms with van der Waals surface area (Å²) in [4.78, 5) is 32.5. The van der Waals surface area contributed by atoms with E-state index < -0.39 is 11.9 Å². The number of hydrogen-bond donors (Lipinski definition) is 3. The van der Waals surface area contributed by atoms with Crippen molar-refractivity contribution in [1.29, 1.82) is 0 Å². The number of carboxylic acids is 2. The van der Waals surface area contributed by atoms with Gasteiger partial charge in [0.15, 0.2) is 0 Å². The first kappa shape index (κ1) is 18.3. The highest BCUT2D eigenvalue weighted by molar-refractivity contribution is 5.89. The molecule has 0 heterocycles. The monoisotopic (exact) mass is 320 g/mol. The van der Waals surface area contributed by atoms with Gasteiger partial charge in [0.05, 0.1) is 11.8 Å². The molecule has 0 aromatic heterocycles. The average molecular weight is 320 g/mol. The van der Waals surface area contributed by atoms with Crippen LogP contribution in [0.25, 0.3) is 0 Å². The third-order valence-electron chi connectivity index (χ3n) is 3.10. The lowest BCUT2D eigenvalue weighted by molar-refractivity contribution is -0.137. The largest absolute Gasteiger partial charge is 0.481 e. The Labute approximate surface area is 134 Å². The van der Waals surface area contributed by atoms with E-state index in [1.807, 2.05) is 0 Å². The van der Waals surface area contributed by atoms with Crippen LogP contribution in [0.5, 0.6) is 0 Å². The van der Waals surface area contributed by atoms with Crippen LogP contribution >= 0.6 is 0 Å². The van der Waals surface area contributed by atoms with E-state index in [1.54, 1.807) is 12.1 Å². The number of aromatic carboxylic acids is 1. The summed E-state index contributed by atoms with van der Waals surface area (Å²) in [7, 11) is 0. The lowest BCUT2D eigenvalue weighted by Crippen LogP contribution is -2.16. The molecule has 0 bridgehead atoms. The summed E-state index contributed by atoms with van der Waals surface area (Å²) in [5, 5.41) is 21.1. The van der Waals surface area contributed by atoms with Crippen molar-refractivity contribution < 1.29 is 24.6 Å². The maximum atomic E-state index is 11.5. The Morgan fingerprint density at radius 3 is 2.13 bits per heavy atom. The Bertz CT molecular complexity index is 566. The first-order valence-corrected chi connectivity index (χ1v) is 7.36. The van der Waals surface area contributed by atoms with E-state index in [2.05, 4.69) is 10.5 Å². The van der Waals surface area contributed by atoms with Gasteiger partial charge < -0.3 is 10.2 Å². The minimum absolute atomic E-state index is 0.164. The van der Waals surface area contributed by atoms with Crippen molar-refractivity contribution in [2.75, 3.05) is 0 Å². The lowest BCUT2D eigenvalue weighted by Gasteiger charge is -2.00. The van der Waals surface area contributed by atoms with Crippen LogP contribution in [0, 0.1) is 0 Å². The van der Waals surface area contributed by atoms with E-state index in [1.165, 1.54) is 18.3 Å². The van der Waals surface area contributed by atoms with E-state index in [0.29, 0.717) is 24.8 Å². The SMILES string of the molecule is O=C(O)CCCCCCC(=O)N/N=C/c1ccc(C(=O)O)cc1. The number of hydrogen-bond acceptors (Lipinski definition) is 4. The number of nitrogens with one attached hydrogen (secondary N) is 1. The molecule has 0 aliphatic rings. The van der Waals surface area contributed by atoms with Crippen molar-refractivity contribution >= 4 is 24.1 Å². The van der Waals surface area contributed by atoms with Crippen molar-refractivity contribution in [2.45, 2.75) is 38.5 Å². The molecule has 0 spiro atoms. The summed E-state index contributed by atoms with van der Waals surface area (Å²) in [6.45, 7) is 0. The van der Waals surface area contributed by atoms with Crippen LogP contribution in [0.3, 0.4) is 0 Å². The molecule has 0 radical (unpaired) electrons. The summed E-state index contributed by atoms with van der Waals surface area (Å²) >= 11 is 0. The predicted molar refractivity (Wildman–Crippen MR) is 84.5 cm³/mol. The molecule has 0 atom stereocenters. The molecule has 0 saturated carbocycles. The molecule has 1 aromatic carbocycles. The smallest absolute Gasteiger partial charge is 0.335 e. The van der Waals surface area contributed by atoms with Gasteiger partial charge in [-0.05, 0) is 30.5 Å². The van der Waals surface area contributed by atoms with Gasteiger partial charge in [0.1, 0.15) is 0 Å². The van der Waals surface area contributed by atoms with Crippen molar-refractivity contribution in [3.63, 3.8) is 0 Å². The summed E-state index contributed by atoms with van der Waals surface area (Å²) in [6.07, 6.45) is 4.85.